The topological polar surface area (TPSA) is 78.3 Å². The summed E-state index contributed by atoms with van der Waals surface area (Å²) in [6, 6.07) is 6.08. The van der Waals surface area contributed by atoms with Gasteiger partial charge in [0.15, 0.2) is 0 Å². The summed E-state index contributed by atoms with van der Waals surface area (Å²) in [6.07, 6.45) is 1.22. The molecule has 0 heterocycles. The number of nitrogens with two attached hydrogens (primary N) is 2. The summed E-state index contributed by atoms with van der Waals surface area (Å²) >= 11 is 0. The lowest BCUT2D eigenvalue weighted by atomic mass is 9.97. The summed E-state index contributed by atoms with van der Waals surface area (Å²) in [5, 5.41) is 0. The van der Waals surface area contributed by atoms with Crippen molar-refractivity contribution in [1.29, 1.82) is 0 Å². The van der Waals surface area contributed by atoms with E-state index in [4.69, 9.17) is 16.2 Å². The van der Waals surface area contributed by atoms with Crippen LogP contribution < -0.4 is 16.2 Å². The van der Waals surface area contributed by atoms with Gasteiger partial charge in [-0.15, -0.1) is 0 Å². The van der Waals surface area contributed by atoms with Crippen molar-refractivity contribution >= 4 is 5.91 Å². The monoisotopic (exact) mass is 250 g/mol. The van der Waals surface area contributed by atoms with E-state index in [2.05, 4.69) is 0 Å². The van der Waals surface area contributed by atoms with Crippen LogP contribution in [0.15, 0.2) is 18.2 Å². The Morgan fingerprint density at radius 2 is 2.06 bits per heavy atom. The van der Waals surface area contributed by atoms with Crippen molar-refractivity contribution in [3.8, 4) is 5.75 Å². The van der Waals surface area contributed by atoms with Gasteiger partial charge in [-0.3, -0.25) is 4.79 Å². The molecule has 18 heavy (non-hydrogen) atoms. The summed E-state index contributed by atoms with van der Waals surface area (Å²) in [6.45, 7) is 6.21. The number of carbonyl (C=O) groups excluding carboxylic acids is 1. The molecular formula is C14H22N2O2. The van der Waals surface area contributed by atoms with Crippen molar-refractivity contribution in [2.24, 2.45) is 11.5 Å². The molecule has 1 amide bonds. The minimum atomic E-state index is -0.953. The minimum Gasteiger partial charge on any atom is -0.493 e. The summed E-state index contributed by atoms with van der Waals surface area (Å²) in [4.78, 5) is 11.0. The van der Waals surface area contributed by atoms with Crippen molar-refractivity contribution < 1.29 is 9.53 Å². The molecule has 0 saturated heterocycles. The highest BCUT2D eigenvalue weighted by Crippen LogP contribution is 2.19. The fourth-order valence-corrected chi connectivity index (χ4v) is 1.61. The summed E-state index contributed by atoms with van der Waals surface area (Å²) < 4.78 is 5.69. The predicted octanol–water partition coefficient (Wildman–Crippen LogP) is 1.67. The van der Waals surface area contributed by atoms with E-state index < -0.39 is 11.4 Å². The maximum absolute atomic E-state index is 11.0. The summed E-state index contributed by atoms with van der Waals surface area (Å²) in [7, 11) is 0. The molecule has 0 bridgehead atoms. The van der Waals surface area contributed by atoms with E-state index in [0.29, 0.717) is 19.4 Å². The normalized spacial score (nSPS) is 14.0. The Bertz CT molecular complexity index is 428. The maximum atomic E-state index is 11.0. The Kier molecular flexibility index (Phi) is 4.73. The molecule has 0 spiro atoms. The standard InChI is InChI=1S/C14H22N2O2/c1-10-5-6-11(2)12(9-10)18-8-4-7-14(3,16)13(15)17/h5-6,9H,4,7-8,16H2,1-3H3,(H2,15,17). The molecule has 0 aliphatic carbocycles. The third-order valence-electron chi connectivity index (χ3n) is 3.00. The maximum Gasteiger partial charge on any atom is 0.237 e. The molecule has 0 radical (unpaired) electrons. The van der Waals surface area contributed by atoms with Gasteiger partial charge in [0, 0.05) is 0 Å². The first-order valence-electron chi connectivity index (χ1n) is 6.12. The van der Waals surface area contributed by atoms with Gasteiger partial charge in [0.25, 0.3) is 0 Å². The lowest BCUT2D eigenvalue weighted by Crippen LogP contribution is -2.49. The van der Waals surface area contributed by atoms with E-state index in [0.717, 1.165) is 16.9 Å². The molecule has 1 aromatic rings. The predicted molar refractivity (Wildman–Crippen MR) is 72.4 cm³/mol. The molecule has 0 aliphatic rings. The minimum absolute atomic E-state index is 0.478. The quantitative estimate of drug-likeness (QED) is 0.754. The van der Waals surface area contributed by atoms with Crippen LogP contribution in [0.25, 0.3) is 0 Å². The Morgan fingerprint density at radius 3 is 2.67 bits per heavy atom. The van der Waals surface area contributed by atoms with Crippen molar-refractivity contribution in [3.05, 3.63) is 29.3 Å². The SMILES string of the molecule is Cc1ccc(C)c(OCCCC(C)(N)C(N)=O)c1. The first-order chi connectivity index (χ1) is 8.33. The van der Waals surface area contributed by atoms with Crippen LogP contribution in [0.5, 0.6) is 5.75 Å². The first-order valence-corrected chi connectivity index (χ1v) is 6.12. The highest BCUT2D eigenvalue weighted by molar-refractivity contribution is 5.83. The number of carbonyl (C=O) groups is 1. The lowest BCUT2D eigenvalue weighted by molar-refractivity contribution is -0.122. The van der Waals surface area contributed by atoms with Crippen LogP contribution >= 0.6 is 0 Å². The molecule has 4 N–H and O–H groups in total. The molecule has 4 heteroatoms. The Morgan fingerprint density at radius 1 is 1.39 bits per heavy atom. The number of ether oxygens (including phenoxy) is 1. The van der Waals surface area contributed by atoms with Crippen LogP contribution in [-0.4, -0.2) is 18.1 Å². The average Bonchev–Trinajstić information content (AvgIpc) is 2.28. The van der Waals surface area contributed by atoms with Crippen molar-refractivity contribution in [2.45, 2.75) is 39.2 Å². The zero-order chi connectivity index (χ0) is 13.8. The van der Waals surface area contributed by atoms with E-state index in [1.54, 1.807) is 6.92 Å². The molecule has 0 aliphatic heterocycles. The third kappa shape index (κ3) is 4.04. The van der Waals surface area contributed by atoms with Gasteiger partial charge in [-0.25, -0.2) is 0 Å². The molecular weight excluding hydrogens is 228 g/mol. The van der Waals surface area contributed by atoms with Crippen molar-refractivity contribution in [3.63, 3.8) is 0 Å². The largest absolute Gasteiger partial charge is 0.493 e. The zero-order valence-corrected chi connectivity index (χ0v) is 11.3. The molecule has 1 unspecified atom stereocenters. The second kappa shape index (κ2) is 5.87. The van der Waals surface area contributed by atoms with Gasteiger partial charge in [-0.2, -0.15) is 0 Å². The fraction of sp³-hybridized carbons (Fsp3) is 0.500. The summed E-state index contributed by atoms with van der Waals surface area (Å²) in [5.41, 5.74) is 12.3. The number of aryl methyl sites for hydroxylation is 2. The van der Waals surface area contributed by atoms with Gasteiger partial charge in [0.1, 0.15) is 5.75 Å². The molecule has 100 valence electrons. The van der Waals surface area contributed by atoms with E-state index in [-0.39, 0.29) is 0 Å². The van der Waals surface area contributed by atoms with Crippen molar-refractivity contribution in [2.75, 3.05) is 6.61 Å². The van der Waals surface area contributed by atoms with Gasteiger partial charge >= 0.3 is 0 Å². The van der Waals surface area contributed by atoms with Gasteiger partial charge < -0.3 is 16.2 Å². The van der Waals surface area contributed by atoms with Crippen LogP contribution in [-0.2, 0) is 4.79 Å². The van der Waals surface area contributed by atoms with Gasteiger partial charge in [0.2, 0.25) is 5.91 Å². The van der Waals surface area contributed by atoms with Crippen LogP contribution in [0.2, 0.25) is 0 Å². The Labute approximate surface area is 108 Å². The number of amides is 1. The van der Waals surface area contributed by atoms with E-state index in [1.165, 1.54) is 0 Å². The van der Waals surface area contributed by atoms with E-state index in [1.807, 2.05) is 32.0 Å². The Balaban J connectivity index is 2.43. The molecule has 0 fully saturated rings. The van der Waals surface area contributed by atoms with Crippen LogP contribution in [0.1, 0.15) is 30.9 Å². The number of primary amides is 1. The number of hydrogen-bond donors (Lipinski definition) is 2. The van der Waals surface area contributed by atoms with Gasteiger partial charge in [-0.1, -0.05) is 12.1 Å². The highest BCUT2D eigenvalue weighted by atomic mass is 16.5. The molecule has 1 aromatic carbocycles. The smallest absolute Gasteiger partial charge is 0.237 e. The highest BCUT2D eigenvalue weighted by Gasteiger charge is 2.24. The second-order valence-electron chi connectivity index (χ2n) is 5.00. The zero-order valence-electron chi connectivity index (χ0n) is 11.3. The number of rotatable bonds is 6. The average molecular weight is 250 g/mol. The molecule has 4 nitrogen and oxygen atoms in total. The van der Waals surface area contributed by atoms with Crippen LogP contribution in [0.4, 0.5) is 0 Å². The lowest BCUT2D eigenvalue weighted by Gasteiger charge is -2.20. The fourth-order valence-electron chi connectivity index (χ4n) is 1.61. The van der Waals surface area contributed by atoms with Crippen LogP contribution in [0.3, 0.4) is 0 Å². The van der Waals surface area contributed by atoms with Crippen molar-refractivity contribution in [1.82, 2.24) is 0 Å². The molecule has 1 rings (SSSR count). The van der Waals surface area contributed by atoms with E-state index in [9.17, 15) is 4.79 Å². The second-order valence-corrected chi connectivity index (χ2v) is 5.00. The third-order valence-corrected chi connectivity index (χ3v) is 3.00. The number of hydrogen-bond acceptors (Lipinski definition) is 3. The van der Waals surface area contributed by atoms with Gasteiger partial charge in [0.05, 0.1) is 12.1 Å². The molecule has 0 saturated carbocycles. The van der Waals surface area contributed by atoms with Gasteiger partial charge in [-0.05, 0) is 50.8 Å². The molecule has 1 atom stereocenters. The van der Waals surface area contributed by atoms with E-state index >= 15 is 0 Å². The Hall–Kier alpha value is -1.55. The summed E-state index contributed by atoms with van der Waals surface area (Å²) in [5.74, 6) is 0.405. The molecule has 0 aromatic heterocycles. The first kappa shape index (κ1) is 14.5. The van der Waals surface area contributed by atoms with Crippen LogP contribution in [0, 0.1) is 13.8 Å². The number of benzene rings is 1.